The lowest BCUT2D eigenvalue weighted by Crippen LogP contribution is -2.35. The fourth-order valence-electron chi connectivity index (χ4n) is 1.82. The molecule has 0 amide bonds. The van der Waals surface area contributed by atoms with Gasteiger partial charge in [-0.05, 0) is 51.5 Å². The van der Waals surface area contributed by atoms with E-state index in [0.29, 0.717) is 11.2 Å². The van der Waals surface area contributed by atoms with E-state index < -0.39 is 0 Å². The number of thiocarbonyl (C=S) groups is 1. The van der Waals surface area contributed by atoms with Gasteiger partial charge in [0.05, 0.1) is 6.10 Å². The largest absolute Gasteiger partial charge is 0.491 e. The highest BCUT2D eigenvalue weighted by molar-refractivity contribution is 7.80. The molecule has 0 aliphatic heterocycles. The van der Waals surface area contributed by atoms with E-state index in [1.807, 2.05) is 38.1 Å². The van der Waals surface area contributed by atoms with Gasteiger partial charge in [-0.15, -0.1) is 0 Å². The van der Waals surface area contributed by atoms with Gasteiger partial charge < -0.3 is 15.4 Å². The van der Waals surface area contributed by atoms with Crippen LogP contribution < -0.4 is 15.4 Å². The fourth-order valence-corrected chi connectivity index (χ4v) is 2.13. The van der Waals surface area contributed by atoms with E-state index in [1.54, 1.807) is 0 Å². The summed E-state index contributed by atoms with van der Waals surface area (Å²) in [6.45, 7) is 8.33. The summed E-state index contributed by atoms with van der Waals surface area (Å²) in [7, 11) is 0. The molecule has 0 saturated carbocycles. The Balaban J connectivity index is 2.54. The van der Waals surface area contributed by atoms with Crippen LogP contribution in [0.1, 0.15) is 40.5 Å². The van der Waals surface area contributed by atoms with E-state index in [-0.39, 0.29) is 6.10 Å². The minimum absolute atomic E-state index is 0.171. The summed E-state index contributed by atoms with van der Waals surface area (Å²) in [5.41, 5.74) is 0.944. The molecule has 0 aliphatic rings. The summed E-state index contributed by atoms with van der Waals surface area (Å²) in [4.78, 5) is 0. The molecular weight excluding hydrogens is 256 g/mol. The number of rotatable bonds is 6. The van der Waals surface area contributed by atoms with Crippen LogP contribution in [0.3, 0.4) is 0 Å². The number of hydrogen-bond acceptors (Lipinski definition) is 2. The van der Waals surface area contributed by atoms with Gasteiger partial charge >= 0.3 is 0 Å². The van der Waals surface area contributed by atoms with Crippen molar-refractivity contribution in [1.82, 2.24) is 5.32 Å². The van der Waals surface area contributed by atoms with Gasteiger partial charge in [0.15, 0.2) is 5.11 Å². The van der Waals surface area contributed by atoms with Crippen molar-refractivity contribution in [3.05, 3.63) is 24.3 Å². The number of ether oxygens (including phenoxy) is 1. The number of benzene rings is 1. The maximum atomic E-state index is 5.65. The highest BCUT2D eigenvalue weighted by Gasteiger charge is 2.04. The summed E-state index contributed by atoms with van der Waals surface area (Å²) in [5, 5.41) is 7.11. The summed E-state index contributed by atoms with van der Waals surface area (Å²) in [5.74, 6) is 0.851. The predicted octanol–water partition coefficient (Wildman–Crippen LogP) is 3.95. The van der Waals surface area contributed by atoms with E-state index in [1.165, 1.54) is 0 Å². The van der Waals surface area contributed by atoms with E-state index in [4.69, 9.17) is 17.0 Å². The van der Waals surface area contributed by atoms with Gasteiger partial charge in [0.1, 0.15) is 5.75 Å². The lowest BCUT2D eigenvalue weighted by molar-refractivity contribution is 0.242. The minimum atomic E-state index is 0.171. The van der Waals surface area contributed by atoms with Crippen LogP contribution in [0.25, 0.3) is 0 Å². The molecule has 1 aromatic carbocycles. The van der Waals surface area contributed by atoms with Crippen molar-refractivity contribution in [3.63, 3.8) is 0 Å². The molecule has 0 saturated heterocycles. The third-order valence-electron chi connectivity index (χ3n) is 2.56. The summed E-state index contributed by atoms with van der Waals surface area (Å²) >= 11 is 5.29. The zero-order valence-corrected chi connectivity index (χ0v) is 13.0. The van der Waals surface area contributed by atoms with E-state index in [0.717, 1.165) is 24.3 Å². The van der Waals surface area contributed by atoms with E-state index >= 15 is 0 Å². The first-order valence-corrected chi connectivity index (χ1v) is 7.26. The van der Waals surface area contributed by atoms with Crippen molar-refractivity contribution in [2.24, 2.45) is 0 Å². The Kier molecular flexibility index (Phi) is 6.64. The Hall–Kier alpha value is -1.29. The Morgan fingerprint density at radius 2 is 2.05 bits per heavy atom. The van der Waals surface area contributed by atoms with E-state index in [2.05, 4.69) is 24.5 Å². The summed E-state index contributed by atoms with van der Waals surface area (Å²) in [6, 6.07) is 8.23. The molecule has 1 atom stereocenters. The molecule has 0 bridgehead atoms. The molecular formula is C15H24N2OS. The average molecular weight is 280 g/mol. The second-order valence-electron chi connectivity index (χ2n) is 4.98. The average Bonchev–Trinajstić information content (AvgIpc) is 2.28. The maximum absolute atomic E-state index is 5.65. The molecule has 0 heterocycles. The van der Waals surface area contributed by atoms with Crippen molar-refractivity contribution in [2.45, 2.75) is 52.7 Å². The summed E-state index contributed by atoms with van der Waals surface area (Å²) < 4.78 is 5.65. The van der Waals surface area contributed by atoms with Crippen molar-refractivity contribution < 1.29 is 4.74 Å². The van der Waals surface area contributed by atoms with Gasteiger partial charge in [0, 0.05) is 17.8 Å². The lowest BCUT2D eigenvalue weighted by Gasteiger charge is -2.17. The van der Waals surface area contributed by atoms with E-state index in [9.17, 15) is 0 Å². The number of nitrogens with one attached hydrogen (secondary N) is 2. The molecule has 0 aromatic heterocycles. The Morgan fingerprint density at radius 3 is 2.68 bits per heavy atom. The quantitative estimate of drug-likeness (QED) is 0.773. The first kappa shape index (κ1) is 15.8. The predicted molar refractivity (Wildman–Crippen MR) is 85.9 cm³/mol. The monoisotopic (exact) mass is 280 g/mol. The molecule has 3 nitrogen and oxygen atoms in total. The molecule has 19 heavy (non-hydrogen) atoms. The molecule has 1 rings (SSSR count). The molecule has 0 spiro atoms. The zero-order valence-electron chi connectivity index (χ0n) is 12.2. The van der Waals surface area contributed by atoms with Gasteiger partial charge in [-0.3, -0.25) is 0 Å². The highest BCUT2D eigenvalue weighted by atomic mass is 32.1. The van der Waals surface area contributed by atoms with Crippen molar-refractivity contribution in [1.29, 1.82) is 0 Å². The van der Waals surface area contributed by atoms with Crippen LogP contribution in [-0.2, 0) is 0 Å². The van der Waals surface area contributed by atoms with Crippen LogP contribution in [-0.4, -0.2) is 17.3 Å². The topological polar surface area (TPSA) is 33.3 Å². The number of anilines is 1. The molecule has 2 N–H and O–H groups in total. The van der Waals surface area contributed by atoms with Crippen LogP contribution >= 0.6 is 12.2 Å². The smallest absolute Gasteiger partial charge is 0.170 e. The molecule has 4 heteroatoms. The number of hydrogen-bond donors (Lipinski definition) is 2. The van der Waals surface area contributed by atoms with Gasteiger partial charge in [0.25, 0.3) is 0 Å². The fraction of sp³-hybridized carbons (Fsp3) is 0.533. The van der Waals surface area contributed by atoms with Crippen LogP contribution in [0.4, 0.5) is 5.69 Å². The van der Waals surface area contributed by atoms with Gasteiger partial charge in [0.2, 0.25) is 0 Å². The van der Waals surface area contributed by atoms with Crippen LogP contribution in [0, 0.1) is 0 Å². The molecule has 0 fully saturated rings. The lowest BCUT2D eigenvalue weighted by atomic mass is 10.2. The Bertz CT molecular complexity index is 407. The van der Waals surface area contributed by atoms with Crippen molar-refractivity contribution >= 4 is 23.0 Å². The highest BCUT2D eigenvalue weighted by Crippen LogP contribution is 2.18. The summed E-state index contributed by atoms with van der Waals surface area (Å²) in [6.07, 6.45) is 2.43. The van der Waals surface area contributed by atoms with Crippen LogP contribution in [0.2, 0.25) is 0 Å². The molecule has 106 valence electrons. The normalized spacial score (nSPS) is 12.1. The third kappa shape index (κ3) is 6.43. The zero-order chi connectivity index (χ0) is 14.3. The SMILES string of the molecule is CCC[C@H](C)NC(=S)Nc1cccc(OC(C)C)c1. The van der Waals surface area contributed by atoms with Crippen LogP contribution in [0.15, 0.2) is 24.3 Å². The Labute approximate surface area is 121 Å². The second kappa shape index (κ2) is 8.00. The maximum Gasteiger partial charge on any atom is 0.170 e. The third-order valence-corrected chi connectivity index (χ3v) is 2.78. The molecule has 0 radical (unpaired) electrons. The molecule has 1 aromatic rings. The van der Waals surface area contributed by atoms with Crippen LogP contribution in [0.5, 0.6) is 5.75 Å². The molecule has 0 unspecified atom stereocenters. The van der Waals surface area contributed by atoms with Gasteiger partial charge in [-0.1, -0.05) is 19.4 Å². The van der Waals surface area contributed by atoms with Crippen molar-refractivity contribution in [3.8, 4) is 5.75 Å². The first-order chi connectivity index (χ1) is 9.01. The van der Waals surface area contributed by atoms with Gasteiger partial charge in [-0.25, -0.2) is 0 Å². The first-order valence-electron chi connectivity index (χ1n) is 6.85. The minimum Gasteiger partial charge on any atom is -0.491 e. The van der Waals surface area contributed by atoms with Crippen molar-refractivity contribution in [2.75, 3.05) is 5.32 Å². The molecule has 0 aliphatic carbocycles. The Morgan fingerprint density at radius 1 is 1.32 bits per heavy atom. The standard InChI is InChI=1S/C15H24N2OS/c1-5-7-12(4)16-15(19)17-13-8-6-9-14(10-13)18-11(2)3/h6,8-12H,5,7H2,1-4H3,(H2,16,17,19)/t12-/m0/s1. The van der Waals surface area contributed by atoms with Gasteiger partial charge in [-0.2, -0.15) is 0 Å². The second-order valence-corrected chi connectivity index (χ2v) is 5.39.